The first kappa shape index (κ1) is 13.7. The zero-order valence-corrected chi connectivity index (χ0v) is 12.9. The van der Waals surface area contributed by atoms with Gasteiger partial charge in [-0.25, -0.2) is 4.98 Å². The third kappa shape index (κ3) is 2.90. The molecule has 3 rings (SSSR count). The Labute approximate surface area is 123 Å². The van der Waals surface area contributed by atoms with Gasteiger partial charge in [-0.05, 0) is 43.4 Å². The van der Waals surface area contributed by atoms with Crippen molar-refractivity contribution in [1.82, 2.24) is 10.3 Å². The molecule has 2 saturated carbocycles. The van der Waals surface area contributed by atoms with Gasteiger partial charge in [0.1, 0.15) is 10.7 Å². The molecule has 1 aromatic heterocycles. The molecule has 0 bridgehead atoms. The van der Waals surface area contributed by atoms with Gasteiger partial charge in [0, 0.05) is 20.6 Å². The Morgan fingerprint density at radius 3 is 2.45 bits per heavy atom. The monoisotopic (exact) mass is 294 g/mol. The Morgan fingerprint density at radius 1 is 1.40 bits per heavy atom. The minimum absolute atomic E-state index is 0.0700. The van der Waals surface area contributed by atoms with E-state index in [0.29, 0.717) is 16.6 Å². The normalized spacial score (nSPS) is 18.4. The van der Waals surface area contributed by atoms with Gasteiger partial charge >= 0.3 is 0 Å². The molecule has 0 spiro atoms. The minimum Gasteiger partial charge on any atom is -0.382 e. The Bertz CT molecular complexity index is 493. The van der Waals surface area contributed by atoms with Crippen LogP contribution in [-0.4, -0.2) is 31.5 Å². The molecule has 1 heterocycles. The van der Waals surface area contributed by atoms with Gasteiger partial charge in [-0.2, -0.15) is 0 Å². The first-order valence-electron chi connectivity index (χ1n) is 7.28. The van der Waals surface area contributed by atoms with E-state index in [0.717, 1.165) is 23.5 Å². The van der Waals surface area contributed by atoms with Crippen LogP contribution in [0.2, 0.25) is 0 Å². The lowest BCUT2D eigenvalue weighted by Gasteiger charge is -2.15. The molecule has 1 amide bonds. The van der Waals surface area contributed by atoms with E-state index in [-0.39, 0.29) is 5.91 Å². The molecule has 2 fully saturated rings. The molecule has 0 atom stereocenters. The summed E-state index contributed by atoms with van der Waals surface area (Å²) in [6.45, 7) is 0.794. The van der Waals surface area contributed by atoms with Crippen molar-refractivity contribution in [2.45, 2.75) is 25.7 Å². The van der Waals surface area contributed by atoms with E-state index in [1.165, 1.54) is 37.0 Å². The maximum Gasteiger partial charge on any atom is 0.265 e. The van der Waals surface area contributed by atoms with Gasteiger partial charge in [-0.3, -0.25) is 4.79 Å². The van der Waals surface area contributed by atoms with Crippen molar-refractivity contribution in [2.24, 2.45) is 17.8 Å². The maximum absolute atomic E-state index is 12.3. The van der Waals surface area contributed by atoms with Crippen LogP contribution in [0.5, 0.6) is 0 Å². The van der Waals surface area contributed by atoms with Gasteiger partial charge in [0.2, 0.25) is 0 Å². The summed E-state index contributed by atoms with van der Waals surface area (Å²) in [6, 6.07) is 0. The molecule has 1 aromatic rings. The van der Waals surface area contributed by atoms with Crippen LogP contribution in [-0.2, 0) is 0 Å². The Kier molecular flexibility index (Phi) is 3.58. The van der Waals surface area contributed by atoms with Crippen molar-refractivity contribution in [3.8, 4) is 0 Å². The standard InChI is InChI=1S/C14H22N4OS/c1-18(2)14-17-12(15)11(20-14)13(19)16-7-10(8-3-4-8)9-5-6-9/h8-10H,3-7,15H2,1-2H3,(H,16,19). The second kappa shape index (κ2) is 5.24. The van der Waals surface area contributed by atoms with Gasteiger partial charge in [0.05, 0.1) is 0 Å². The number of carbonyl (C=O) groups is 1. The molecular weight excluding hydrogens is 272 g/mol. The van der Waals surface area contributed by atoms with E-state index in [2.05, 4.69) is 10.3 Å². The molecule has 110 valence electrons. The zero-order valence-electron chi connectivity index (χ0n) is 12.1. The lowest BCUT2D eigenvalue weighted by Crippen LogP contribution is -2.31. The van der Waals surface area contributed by atoms with Crippen LogP contribution in [0.15, 0.2) is 0 Å². The van der Waals surface area contributed by atoms with Crippen molar-refractivity contribution < 1.29 is 4.79 Å². The summed E-state index contributed by atoms with van der Waals surface area (Å²) in [5.74, 6) is 2.64. The van der Waals surface area contributed by atoms with E-state index < -0.39 is 0 Å². The van der Waals surface area contributed by atoms with Gasteiger partial charge in [0.15, 0.2) is 5.13 Å². The number of aromatic nitrogens is 1. The molecule has 0 saturated heterocycles. The number of nitrogens with zero attached hydrogens (tertiary/aromatic N) is 2. The van der Waals surface area contributed by atoms with Crippen molar-refractivity contribution >= 4 is 28.2 Å². The molecular formula is C14H22N4OS. The van der Waals surface area contributed by atoms with Crippen molar-refractivity contribution in [3.05, 3.63) is 4.88 Å². The first-order valence-corrected chi connectivity index (χ1v) is 8.09. The predicted octanol–water partition coefficient (Wildman–Crippen LogP) is 1.96. The minimum atomic E-state index is -0.0700. The Hall–Kier alpha value is -1.30. The molecule has 2 aliphatic rings. The summed E-state index contributed by atoms with van der Waals surface area (Å²) < 4.78 is 0. The number of thiazole rings is 1. The summed E-state index contributed by atoms with van der Waals surface area (Å²) in [5, 5.41) is 3.84. The molecule has 0 aromatic carbocycles. The highest BCUT2D eigenvalue weighted by atomic mass is 32.1. The van der Waals surface area contributed by atoms with Crippen LogP contribution in [0.25, 0.3) is 0 Å². The van der Waals surface area contributed by atoms with Crippen LogP contribution in [0.4, 0.5) is 10.9 Å². The predicted molar refractivity (Wildman–Crippen MR) is 82.1 cm³/mol. The summed E-state index contributed by atoms with van der Waals surface area (Å²) in [5.41, 5.74) is 5.84. The van der Waals surface area contributed by atoms with E-state index in [9.17, 15) is 4.79 Å². The summed E-state index contributed by atoms with van der Waals surface area (Å²) in [6.07, 6.45) is 5.35. The maximum atomic E-state index is 12.3. The van der Waals surface area contributed by atoms with Gasteiger partial charge in [0.25, 0.3) is 5.91 Å². The van der Waals surface area contributed by atoms with Gasteiger partial charge in [-0.1, -0.05) is 11.3 Å². The number of nitrogens with one attached hydrogen (secondary N) is 1. The number of nitrogens with two attached hydrogens (primary N) is 1. The number of nitrogen functional groups attached to an aromatic ring is 1. The fourth-order valence-corrected chi connectivity index (χ4v) is 3.56. The third-order valence-electron chi connectivity index (χ3n) is 4.18. The van der Waals surface area contributed by atoms with Crippen molar-refractivity contribution in [3.63, 3.8) is 0 Å². The topological polar surface area (TPSA) is 71.2 Å². The van der Waals surface area contributed by atoms with Crippen LogP contribution in [0.1, 0.15) is 35.4 Å². The number of rotatable bonds is 6. The lowest BCUT2D eigenvalue weighted by molar-refractivity contribution is 0.0948. The number of hydrogen-bond donors (Lipinski definition) is 2. The molecule has 3 N–H and O–H groups in total. The van der Waals surface area contributed by atoms with Crippen LogP contribution in [0, 0.1) is 17.8 Å². The average molecular weight is 294 g/mol. The first-order chi connectivity index (χ1) is 9.56. The van der Waals surface area contributed by atoms with Crippen LogP contribution in [0.3, 0.4) is 0 Å². The van der Waals surface area contributed by atoms with Crippen molar-refractivity contribution in [1.29, 1.82) is 0 Å². The van der Waals surface area contributed by atoms with Crippen LogP contribution < -0.4 is 16.0 Å². The second-order valence-electron chi connectivity index (χ2n) is 6.15. The average Bonchev–Trinajstić information content (AvgIpc) is 3.29. The van der Waals surface area contributed by atoms with E-state index in [1.807, 2.05) is 19.0 Å². The number of carbonyl (C=O) groups excluding carboxylic acids is 1. The molecule has 0 aliphatic heterocycles. The van der Waals surface area contributed by atoms with E-state index in [4.69, 9.17) is 5.73 Å². The van der Waals surface area contributed by atoms with Gasteiger partial charge < -0.3 is 16.0 Å². The number of hydrogen-bond acceptors (Lipinski definition) is 5. The van der Waals surface area contributed by atoms with E-state index in [1.54, 1.807) is 0 Å². The Balaban J connectivity index is 1.60. The summed E-state index contributed by atoms with van der Waals surface area (Å²) >= 11 is 1.35. The second-order valence-corrected chi connectivity index (χ2v) is 7.13. The quantitative estimate of drug-likeness (QED) is 0.841. The molecule has 6 heteroatoms. The lowest BCUT2D eigenvalue weighted by atomic mass is 9.98. The fourth-order valence-electron chi connectivity index (χ4n) is 2.73. The molecule has 0 unspecified atom stereocenters. The van der Waals surface area contributed by atoms with Crippen LogP contribution >= 0.6 is 11.3 Å². The molecule has 0 radical (unpaired) electrons. The van der Waals surface area contributed by atoms with E-state index >= 15 is 0 Å². The highest BCUT2D eigenvalue weighted by Gasteiger charge is 2.41. The fraction of sp³-hybridized carbons (Fsp3) is 0.714. The number of anilines is 2. The summed E-state index contributed by atoms with van der Waals surface area (Å²) in [4.78, 5) is 18.9. The van der Waals surface area contributed by atoms with Crippen molar-refractivity contribution in [2.75, 3.05) is 31.3 Å². The SMILES string of the molecule is CN(C)c1nc(N)c(C(=O)NCC(C2CC2)C2CC2)s1. The molecule has 2 aliphatic carbocycles. The third-order valence-corrected chi connectivity index (χ3v) is 5.42. The highest BCUT2D eigenvalue weighted by Crippen LogP contribution is 2.48. The Morgan fingerprint density at radius 2 is 2.00 bits per heavy atom. The number of amides is 1. The smallest absolute Gasteiger partial charge is 0.265 e. The highest BCUT2D eigenvalue weighted by molar-refractivity contribution is 7.18. The zero-order chi connectivity index (χ0) is 14.3. The molecule has 5 nitrogen and oxygen atoms in total. The summed E-state index contributed by atoms with van der Waals surface area (Å²) in [7, 11) is 3.80. The molecule has 20 heavy (non-hydrogen) atoms. The largest absolute Gasteiger partial charge is 0.382 e. The van der Waals surface area contributed by atoms with Gasteiger partial charge in [-0.15, -0.1) is 0 Å².